The van der Waals surface area contributed by atoms with Crippen molar-refractivity contribution in [2.75, 3.05) is 6.54 Å². The van der Waals surface area contributed by atoms with Gasteiger partial charge in [0, 0.05) is 13.0 Å². The van der Waals surface area contributed by atoms with E-state index < -0.39 is 11.7 Å². The first-order valence-corrected chi connectivity index (χ1v) is 5.17. The Hall–Kier alpha value is -1.56. The number of carbonyl (C=O) groups is 1. The van der Waals surface area contributed by atoms with Crippen LogP contribution in [0.2, 0.25) is 0 Å². The van der Waals surface area contributed by atoms with E-state index in [0.717, 1.165) is 12.1 Å². The number of amides is 1. The molecule has 0 spiro atoms. The van der Waals surface area contributed by atoms with E-state index in [1.54, 1.807) is 0 Å². The zero-order chi connectivity index (χ0) is 12.5. The molecule has 17 heavy (non-hydrogen) atoms. The highest BCUT2D eigenvalue weighted by atomic mass is 19.4. The van der Waals surface area contributed by atoms with Crippen molar-refractivity contribution in [2.45, 2.75) is 19.1 Å². The molecule has 1 aliphatic heterocycles. The lowest BCUT2D eigenvalue weighted by Crippen LogP contribution is -2.33. The van der Waals surface area contributed by atoms with Crippen LogP contribution in [0, 0.1) is 0 Å². The van der Waals surface area contributed by atoms with E-state index >= 15 is 0 Å². The SMILES string of the molecule is O=C1CCNN1Cc1ccc(C(F)(F)F)cc1. The molecule has 0 atom stereocenters. The van der Waals surface area contributed by atoms with Gasteiger partial charge in [-0.1, -0.05) is 12.1 Å². The fraction of sp³-hybridized carbons (Fsp3) is 0.364. The number of benzene rings is 1. The van der Waals surface area contributed by atoms with Crippen LogP contribution < -0.4 is 5.43 Å². The molecule has 1 aromatic rings. The van der Waals surface area contributed by atoms with Crippen molar-refractivity contribution >= 4 is 5.91 Å². The summed E-state index contributed by atoms with van der Waals surface area (Å²) < 4.78 is 36.9. The largest absolute Gasteiger partial charge is 0.416 e. The molecule has 0 unspecified atom stereocenters. The maximum atomic E-state index is 12.3. The summed E-state index contributed by atoms with van der Waals surface area (Å²) in [4.78, 5) is 11.3. The van der Waals surface area contributed by atoms with Gasteiger partial charge in [-0.05, 0) is 17.7 Å². The van der Waals surface area contributed by atoms with Crippen LogP contribution in [0.5, 0.6) is 0 Å². The normalized spacial score (nSPS) is 16.6. The van der Waals surface area contributed by atoms with Crippen LogP contribution >= 0.6 is 0 Å². The second-order valence-corrected chi connectivity index (χ2v) is 3.83. The minimum absolute atomic E-state index is 0.0371. The lowest BCUT2D eigenvalue weighted by molar-refractivity contribution is -0.137. The Kier molecular flexibility index (Phi) is 3.06. The maximum absolute atomic E-state index is 12.3. The van der Waals surface area contributed by atoms with Gasteiger partial charge in [0.15, 0.2) is 0 Å². The van der Waals surface area contributed by atoms with Crippen LogP contribution in [0.1, 0.15) is 17.5 Å². The van der Waals surface area contributed by atoms with E-state index in [4.69, 9.17) is 0 Å². The van der Waals surface area contributed by atoms with E-state index in [1.807, 2.05) is 0 Å². The molecule has 1 aliphatic rings. The number of halogens is 3. The molecular weight excluding hydrogens is 233 g/mol. The smallest absolute Gasteiger partial charge is 0.274 e. The van der Waals surface area contributed by atoms with Crippen molar-refractivity contribution in [3.05, 3.63) is 35.4 Å². The summed E-state index contributed by atoms with van der Waals surface area (Å²) in [6.45, 7) is 0.871. The molecular formula is C11H11F3N2O. The van der Waals surface area contributed by atoms with Crippen molar-refractivity contribution < 1.29 is 18.0 Å². The zero-order valence-electron chi connectivity index (χ0n) is 8.92. The Morgan fingerprint density at radius 3 is 2.35 bits per heavy atom. The molecule has 1 aromatic carbocycles. The average Bonchev–Trinajstić information content (AvgIpc) is 2.64. The molecule has 0 aliphatic carbocycles. The van der Waals surface area contributed by atoms with Crippen LogP contribution in [0.4, 0.5) is 13.2 Å². The summed E-state index contributed by atoms with van der Waals surface area (Å²) in [5.41, 5.74) is 2.85. The van der Waals surface area contributed by atoms with Crippen molar-refractivity contribution in [2.24, 2.45) is 0 Å². The fourth-order valence-corrected chi connectivity index (χ4v) is 1.65. The third-order valence-corrected chi connectivity index (χ3v) is 2.56. The maximum Gasteiger partial charge on any atom is 0.416 e. The number of hydrazine groups is 1. The number of carbonyl (C=O) groups excluding carboxylic acids is 1. The van der Waals surface area contributed by atoms with Crippen molar-refractivity contribution in [3.63, 3.8) is 0 Å². The third kappa shape index (κ3) is 2.76. The van der Waals surface area contributed by atoms with Crippen LogP contribution in [-0.2, 0) is 17.5 Å². The van der Waals surface area contributed by atoms with Crippen LogP contribution in [-0.4, -0.2) is 17.5 Å². The molecule has 1 fully saturated rings. The van der Waals surface area contributed by atoms with E-state index in [2.05, 4.69) is 5.43 Å². The van der Waals surface area contributed by atoms with Crippen molar-refractivity contribution in [1.82, 2.24) is 10.4 Å². The number of alkyl halides is 3. The average molecular weight is 244 g/mol. The Bertz CT molecular complexity index is 414. The lowest BCUT2D eigenvalue weighted by Gasteiger charge is -2.16. The molecule has 1 heterocycles. The highest BCUT2D eigenvalue weighted by Crippen LogP contribution is 2.29. The molecule has 92 valence electrons. The topological polar surface area (TPSA) is 32.3 Å². The molecule has 1 amide bonds. The summed E-state index contributed by atoms with van der Waals surface area (Å²) >= 11 is 0. The predicted octanol–water partition coefficient (Wildman–Crippen LogP) is 1.94. The first kappa shape index (κ1) is 11.9. The summed E-state index contributed by atoms with van der Waals surface area (Å²) in [5.74, 6) is -0.0371. The third-order valence-electron chi connectivity index (χ3n) is 2.56. The van der Waals surface area contributed by atoms with Gasteiger partial charge in [-0.15, -0.1) is 0 Å². The summed E-state index contributed by atoms with van der Waals surface area (Å²) in [6, 6.07) is 4.82. The van der Waals surface area contributed by atoms with E-state index in [0.29, 0.717) is 18.5 Å². The van der Waals surface area contributed by atoms with Gasteiger partial charge in [0.2, 0.25) is 5.91 Å². The predicted molar refractivity (Wildman–Crippen MR) is 54.6 cm³/mol. The highest BCUT2D eigenvalue weighted by molar-refractivity contribution is 5.77. The zero-order valence-corrected chi connectivity index (χ0v) is 8.92. The van der Waals surface area contributed by atoms with E-state index in [-0.39, 0.29) is 12.5 Å². The molecule has 1 N–H and O–H groups in total. The summed E-state index contributed by atoms with van der Waals surface area (Å²) in [6.07, 6.45) is -3.89. The number of hydrogen-bond donors (Lipinski definition) is 1. The molecule has 0 bridgehead atoms. The van der Waals surface area contributed by atoms with Gasteiger partial charge in [0.05, 0.1) is 12.1 Å². The second-order valence-electron chi connectivity index (χ2n) is 3.83. The molecule has 0 radical (unpaired) electrons. The van der Waals surface area contributed by atoms with Crippen LogP contribution in [0.3, 0.4) is 0 Å². The molecule has 0 aromatic heterocycles. The van der Waals surface area contributed by atoms with Gasteiger partial charge >= 0.3 is 6.18 Å². The Morgan fingerprint density at radius 2 is 1.88 bits per heavy atom. The highest BCUT2D eigenvalue weighted by Gasteiger charge is 2.30. The van der Waals surface area contributed by atoms with Gasteiger partial charge in [-0.3, -0.25) is 9.80 Å². The van der Waals surface area contributed by atoms with Gasteiger partial charge in [-0.2, -0.15) is 13.2 Å². The van der Waals surface area contributed by atoms with E-state index in [9.17, 15) is 18.0 Å². The monoisotopic (exact) mass is 244 g/mol. The minimum Gasteiger partial charge on any atom is -0.274 e. The Morgan fingerprint density at radius 1 is 1.24 bits per heavy atom. The van der Waals surface area contributed by atoms with Crippen molar-refractivity contribution in [3.8, 4) is 0 Å². The molecule has 2 rings (SSSR count). The number of rotatable bonds is 2. The Balaban J connectivity index is 2.06. The number of nitrogens with one attached hydrogen (secondary N) is 1. The quantitative estimate of drug-likeness (QED) is 0.862. The van der Waals surface area contributed by atoms with E-state index in [1.165, 1.54) is 17.1 Å². The summed E-state index contributed by atoms with van der Waals surface area (Å²) in [5, 5.41) is 1.42. The first-order valence-electron chi connectivity index (χ1n) is 5.17. The van der Waals surface area contributed by atoms with Gasteiger partial charge < -0.3 is 0 Å². The minimum atomic E-state index is -4.32. The molecule has 6 heteroatoms. The van der Waals surface area contributed by atoms with Crippen LogP contribution in [0.25, 0.3) is 0 Å². The van der Waals surface area contributed by atoms with Crippen LogP contribution in [0.15, 0.2) is 24.3 Å². The van der Waals surface area contributed by atoms with Crippen molar-refractivity contribution in [1.29, 1.82) is 0 Å². The first-order chi connectivity index (χ1) is 7.97. The fourth-order valence-electron chi connectivity index (χ4n) is 1.65. The standard InChI is InChI=1S/C11H11F3N2O/c12-11(13,14)9-3-1-8(2-4-9)7-16-10(17)5-6-15-16/h1-4,15H,5-7H2. The summed E-state index contributed by atoms with van der Waals surface area (Å²) in [7, 11) is 0. The lowest BCUT2D eigenvalue weighted by atomic mass is 10.1. The number of hydrogen-bond acceptors (Lipinski definition) is 2. The molecule has 0 saturated carbocycles. The second kappa shape index (κ2) is 4.37. The van der Waals surface area contributed by atoms with Gasteiger partial charge in [0.25, 0.3) is 0 Å². The Labute approximate surface area is 96.2 Å². The number of nitrogens with zero attached hydrogens (tertiary/aromatic N) is 1. The molecule has 1 saturated heterocycles. The molecule has 3 nitrogen and oxygen atoms in total. The van der Waals surface area contributed by atoms with Gasteiger partial charge in [0.1, 0.15) is 0 Å². The van der Waals surface area contributed by atoms with Gasteiger partial charge in [-0.25, -0.2) is 5.43 Å².